The predicted octanol–water partition coefficient (Wildman–Crippen LogP) is 2.76. The van der Waals surface area contributed by atoms with Crippen molar-refractivity contribution in [3.63, 3.8) is 0 Å². The number of nitrogens with two attached hydrogens (primary N) is 1. The highest BCUT2D eigenvalue weighted by Gasteiger charge is 2.25. The fraction of sp³-hybridized carbons (Fsp3) is 0.625. The first kappa shape index (κ1) is 15.6. The summed E-state index contributed by atoms with van der Waals surface area (Å²) in [5, 5.41) is 0.808. The van der Waals surface area contributed by atoms with Crippen LogP contribution >= 0.6 is 11.6 Å². The number of nitrogens with zero attached hydrogens (tertiary/aromatic N) is 2. The second kappa shape index (κ2) is 6.79. The maximum absolute atomic E-state index is 6.20. The van der Waals surface area contributed by atoms with Gasteiger partial charge in [0.1, 0.15) is 0 Å². The van der Waals surface area contributed by atoms with Crippen molar-refractivity contribution in [2.45, 2.75) is 38.3 Å². The molecular formula is C16H26ClN3. The Labute approximate surface area is 127 Å². The predicted molar refractivity (Wildman–Crippen MR) is 87.7 cm³/mol. The molecule has 1 aromatic carbocycles. The van der Waals surface area contributed by atoms with E-state index in [0.29, 0.717) is 6.04 Å². The van der Waals surface area contributed by atoms with E-state index in [0.717, 1.165) is 31.0 Å². The third-order valence-corrected chi connectivity index (χ3v) is 4.52. The van der Waals surface area contributed by atoms with Gasteiger partial charge in [0.15, 0.2) is 0 Å². The molecule has 20 heavy (non-hydrogen) atoms. The normalized spacial score (nSPS) is 20.7. The van der Waals surface area contributed by atoms with Gasteiger partial charge in [0, 0.05) is 35.9 Å². The average Bonchev–Trinajstić information content (AvgIpc) is 2.90. The molecule has 2 N–H and O–H groups in total. The van der Waals surface area contributed by atoms with Gasteiger partial charge >= 0.3 is 0 Å². The lowest BCUT2D eigenvalue weighted by Gasteiger charge is -2.25. The van der Waals surface area contributed by atoms with Gasteiger partial charge in [-0.1, -0.05) is 24.6 Å². The molecule has 0 bridgehead atoms. The molecule has 0 aromatic heterocycles. The van der Waals surface area contributed by atoms with E-state index in [4.69, 9.17) is 17.3 Å². The van der Waals surface area contributed by atoms with Crippen LogP contribution in [0.15, 0.2) is 18.2 Å². The summed E-state index contributed by atoms with van der Waals surface area (Å²) in [5.74, 6) is 0. The molecule has 3 nitrogen and oxygen atoms in total. The molecule has 0 aliphatic carbocycles. The molecule has 1 saturated heterocycles. The largest absolute Gasteiger partial charge is 0.370 e. The first-order chi connectivity index (χ1) is 9.51. The summed E-state index contributed by atoms with van der Waals surface area (Å²) in [6.45, 7) is 4.30. The standard InChI is InChI=1S/C16H26ClN3/c1-4-14(18)9-12-5-6-13(17)10-16(12)20-8-7-15(11-20)19(2)3/h5-6,10,14-15H,4,7-9,11,18H2,1-3H3. The topological polar surface area (TPSA) is 32.5 Å². The number of likely N-dealkylation sites (N-methyl/N-ethyl adjacent to an activating group) is 1. The molecular weight excluding hydrogens is 270 g/mol. The minimum absolute atomic E-state index is 0.224. The first-order valence-corrected chi connectivity index (χ1v) is 7.84. The van der Waals surface area contributed by atoms with Crippen molar-refractivity contribution in [3.8, 4) is 0 Å². The van der Waals surface area contributed by atoms with Gasteiger partial charge in [-0.05, 0) is 51.1 Å². The van der Waals surface area contributed by atoms with E-state index < -0.39 is 0 Å². The molecule has 1 aromatic rings. The summed E-state index contributed by atoms with van der Waals surface area (Å²) in [4.78, 5) is 4.76. The second-order valence-corrected chi connectivity index (χ2v) is 6.43. The van der Waals surface area contributed by atoms with Crippen molar-refractivity contribution in [2.24, 2.45) is 5.73 Å². The van der Waals surface area contributed by atoms with Crippen LogP contribution in [0.2, 0.25) is 5.02 Å². The Morgan fingerprint density at radius 2 is 2.20 bits per heavy atom. The molecule has 0 amide bonds. The molecule has 4 heteroatoms. The van der Waals surface area contributed by atoms with Crippen LogP contribution < -0.4 is 10.6 Å². The molecule has 0 spiro atoms. The molecule has 1 aliphatic heterocycles. The Balaban J connectivity index is 2.19. The van der Waals surface area contributed by atoms with E-state index >= 15 is 0 Å². The minimum atomic E-state index is 0.224. The maximum Gasteiger partial charge on any atom is 0.0426 e. The van der Waals surface area contributed by atoms with Crippen LogP contribution in [0.1, 0.15) is 25.3 Å². The number of benzene rings is 1. The first-order valence-electron chi connectivity index (χ1n) is 7.46. The number of rotatable bonds is 5. The second-order valence-electron chi connectivity index (χ2n) is 6.00. The van der Waals surface area contributed by atoms with Crippen molar-refractivity contribution in [1.29, 1.82) is 0 Å². The van der Waals surface area contributed by atoms with Gasteiger partial charge in [-0.3, -0.25) is 0 Å². The molecule has 1 fully saturated rings. The van der Waals surface area contributed by atoms with Crippen LogP contribution in [-0.2, 0) is 6.42 Å². The van der Waals surface area contributed by atoms with Crippen molar-refractivity contribution in [2.75, 3.05) is 32.1 Å². The van der Waals surface area contributed by atoms with E-state index in [2.05, 4.69) is 43.0 Å². The van der Waals surface area contributed by atoms with Crippen molar-refractivity contribution in [1.82, 2.24) is 4.90 Å². The Bertz CT molecular complexity index is 447. The van der Waals surface area contributed by atoms with Crippen LogP contribution in [0.3, 0.4) is 0 Å². The average molecular weight is 296 g/mol. The summed E-state index contributed by atoms with van der Waals surface area (Å²) < 4.78 is 0. The van der Waals surface area contributed by atoms with Gasteiger partial charge in [0.2, 0.25) is 0 Å². The highest BCUT2D eigenvalue weighted by molar-refractivity contribution is 6.30. The molecule has 2 rings (SSSR count). The van der Waals surface area contributed by atoms with E-state index in [1.54, 1.807) is 0 Å². The molecule has 1 aliphatic rings. The highest BCUT2D eigenvalue weighted by Crippen LogP contribution is 2.29. The number of hydrogen-bond acceptors (Lipinski definition) is 3. The Hall–Kier alpha value is -0.770. The lowest BCUT2D eigenvalue weighted by Crippen LogP contribution is -2.32. The molecule has 2 atom stereocenters. The summed E-state index contributed by atoms with van der Waals surface area (Å²) in [5.41, 5.74) is 8.72. The quantitative estimate of drug-likeness (QED) is 0.906. The summed E-state index contributed by atoms with van der Waals surface area (Å²) >= 11 is 6.20. The van der Waals surface area contributed by atoms with Gasteiger partial charge < -0.3 is 15.5 Å². The summed E-state index contributed by atoms with van der Waals surface area (Å²) in [6, 6.07) is 7.05. The monoisotopic (exact) mass is 295 g/mol. The summed E-state index contributed by atoms with van der Waals surface area (Å²) in [6.07, 6.45) is 3.13. The molecule has 2 unspecified atom stereocenters. The van der Waals surface area contributed by atoms with Crippen LogP contribution in [0.4, 0.5) is 5.69 Å². The van der Waals surface area contributed by atoms with Gasteiger partial charge in [-0.25, -0.2) is 0 Å². The van der Waals surface area contributed by atoms with Crippen LogP contribution in [0.25, 0.3) is 0 Å². The van der Waals surface area contributed by atoms with Gasteiger partial charge in [0.25, 0.3) is 0 Å². The van der Waals surface area contributed by atoms with Crippen LogP contribution in [-0.4, -0.2) is 44.2 Å². The molecule has 1 heterocycles. The van der Waals surface area contributed by atoms with Crippen LogP contribution in [0, 0.1) is 0 Å². The van der Waals surface area contributed by atoms with Crippen molar-refractivity contribution >= 4 is 17.3 Å². The SMILES string of the molecule is CCC(N)Cc1ccc(Cl)cc1N1CCC(N(C)C)C1. The number of anilines is 1. The minimum Gasteiger partial charge on any atom is -0.370 e. The van der Waals surface area contributed by atoms with E-state index in [9.17, 15) is 0 Å². The summed E-state index contributed by atoms with van der Waals surface area (Å²) in [7, 11) is 4.31. The van der Waals surface area contributed by atoms with E-state index in [1.807, 2.05) is 6.07 Å². The Morgan fingerprint density at radius 1 is 1.45 bits per heavy atom. The Kier molecular flexibility index (Phi) is 5.30. The zero-order valence-electron chi connectivity index (χ0n) is 12.8. The molecule has 112 valence electrons. The fourth-order valence-corrected chi connectivity index (χ4v) is 2.98. The third kappa shape index (κ3) is 3.66. The van der Waals surface area contributed by atoms with E-state index in [-0.39, 0.29) is 6.04 Å². The van der Waals surface area contributed by atoms with Gasteiger partial charge in [-0.2, -0.15) is 0 Å². The zero-order chi connectivity index (χ0) is 14.7. The smallest absolute Gasteiger partial charge is 0.0426 e. The van der Waals surface area contributed by atoms with Gasteiger partial charge in [0.05, 0.1) is 0 Å². The molecule has 0 saturated carbocycles. The fourth-order valence-electron chi connectivity index (χ4n) is 2.81. The number of hydrogen-bond donors (Lipinski definition) is 1. The highest BCUT2D eigenvalue weighted by atomic mass is 35.5. The Morgan fingerprint density at radius 3 is 2.80 bits per heavy atom. The van der Waals surface area contributed by atoms with Gasteiger partial charge in [-0.15, -0.1) is 0 Å². The maximum atomic E-state index is 6.20. The zero-order valence-corrected chi connectivity index (χ0v) is 13.5. The lowest BCUT2D eigenvalue weighted by molar-refractivity contribution is 0.315. The van der Waals surface area contributed by atoms with E-state index in [1.165, 1.54) is 17.7 Å². The van der Waals surface area contributed by atoms with Crippen molar-refractivity contribution in [3.05, 3.63) is 28.8 Å². The van der Waals surface area contributed by atoms with Crippen molar-refractivity contribution < 1.29 is 0 Å². The number of halogens is 1. The molecule has 0 radical (unpaired) electrons. The lowest BCUT2D eigenvalue weighted by atomic mass is 10.0. The van der Waals surface area contributed by atoms with Crippen LogP contribution in [0.5, 0.6) is 0 Å². The third-order valence-electron chi connectivity index (χ3n) is 4.29.